The van der Waals surface area contributed by atoms with Crippen LogP contribution in [0.3, 0.4) is 0 Å². The first kappa shape index (κ1) is 18.7. The van der Waals surface area contributed by atoms with Crippen molar-refractivity contribution < 1.29 is 17.6 Å². The molecule has 4 heteroatoms. The summed E-state index contributed by atoms with van der Waals surface area (Å²) < 4.78 is 52.0. The van der Waals surface area contributed by atoms with Crippen LogP contribution in [-0.4, -0.2) is 6.67 Å². The first-order valence-electron chi connectivity index (χ1n) is 9.06. The zero-order chi connectivity index (χ0) is 18.5. The third kappa shape index (κ3) is 4.35. The molecule has 0 saturated heterocycles. The molecule has 1 aliphatic rings. The summed E-state index contributed by atoms with van der Waals surface area (Å²) in [5.41, 5.74) is 2.20. The van der Waals surface area contributed by atoms with E-state index >= 15 is 0 Å². The molecule has 0 spiro atoms. The van der Waals surface area contributed by atoms with E-state index in [0.29, 0.717) is 29.4 Å². The molecule has 2 aromatic carbocycles. The summed E-state index contributed by atoms with van der Waals surface area (Å²) in [7, 11) is 0. The van der Waals surface area contributed by atoms with Crippen molar-refractivity contribution in [3.05, 3.63) is 71.6 Å². The van der Waals surface area contributed by atoms with Crippen LogP contribution in [0.5, 0.6) is 0 Å². The fourth-order valence-electron chi connectivity index (χ4n) is 3.67. The molecule has 26 heavy (non-hydrogen) atoms. The molecule has 0 N–H and O–H groups in total. The highest BCUT2D eigenvalue weighted by atomic mass is 19.2. The van der Waals surface area contributed by atoms with Crippen molar-refractivity contribution in [3.63, 3.8) is 0 Å². The Labute approximate surface area is 151 Å². The Kier molecular flexibility index (Phi) is 6.12. The van der Waals surface area contributed by atoms with Gasteiger partial charge in [0.05, 0.1) is 6.67 Å². The van der Waals surface area contributed by atoms with Crippen molar-refractivity contribution in [1.29, 1.82) is 0 Å². The van der Waals surface area contributed by atoms with E-state index in [1.54, 1.807) is 0 Å². The molecule has 1 fully saturated rings. The minimum atomic E-state index is -1.44. The molecular weight excluding hydrogens is 340 g/mol. The molecular formula is C22H22F4. The van der Waals surface area contributed by atoms with Crippen LogP contribution in [0.2, 0.25) is 0 Å². The van der Waals surface area contributed by atoms with Crippen LogP contribution in [0.4, 0.5) is 17.6 Å². The Balaban J connectivity index is 1.65. The average Bonchev–Trinajstić information content (AvgIpc) is 2.67. The third-order valence-electron chi connectivity index (χ3n) is 5.16. The van der Waals surface area contributed by atoms with Gasteiger partial charge >= 0.3 is 0 Å². The van der Waals surface area contributed by atoms with E-state index in [0.717, 1.165) is 37.8 Å². The summed E-state index contributed by atoms with van der Waals surface area (Å²) in [5, 5.41) is 0. The van der Waals surface area contributed by atoms with Crippen molar-refractivity contribution >= 4 is 0 Å². The molecule has 0 atom stereocenters. The van der Waals surface area contributed by atoms with Crippen molar-refractivity contribution in [2.75, 3.05) is 6.67 Å². The fourth-order valence-corrected chi connectivity index (χ4v) is 3.67. The molecule has 1 aliphatic carbocycles. The van der Waals surface area contributed by atoms with Gasteiger partial charge < -0.3 is 0 Å². The van der Waals surface area contributed by atoms with Crippen LogP contribution < -0.4 is 0 Å². The zero-order valence-electron chi connectivity index (χ0n) is 14.5. The van der Waals surface area contributed by atoms with Gasteiger partial charge in [-0.3, -0.25) is 4.39 Å². The number of alkyl halides is 1. The molecule has 0 heterocycles. The number of hydrogen-bond donors (Lipinski definition) is 0. The van der Waals surface area contributed by atoms with E-state index in [2.05, 4.69) is 6.08 Å². The Morgan fingerprint density at radius 1 is 0.846 bits per heavy atom. The van der Waals surface area contributed by atoms with Gasteiger partial charge in [0.15, 0.2) is 17.5 Å². The Morgan fingerprint density at radius 2 is 1.46 bits per heavy atom. The minimum absolute atomic E-state index is 0.306. The minimum Gasteiger partial charge on any atom is -0.251 e. The Hall–Kier alpha value is -2.10. The molecule has 0 aromatic heterocycles. The average molecular weight is 362 g/mol. The van der Waals surface area contributed by atoms with Crippen molar-refractivity contribution in [1.82, 2.24) is 0 Å². The number of halogens is 4. The molecule has 0 amide bonds. The van der Waals surface area contributed by atoms with Gasteiger partial charge in [0.1, 0.15) is 0 Å². The molecule has 0 nitrogen and oxygen atoms in total. The second kappa shape index (κ2) is 8.52. The summed E-state index contributed by atoms with van der Waals surface area (Å²) in [5.74, 6) is -2.80. The molecule has 0 bridgehead atoms. The highest BCUT2D eigenvalue weighted by molar-refractivity contribution is 5.64. The lowest BCUT2D eigenvalue weighted by molar-refractivity contribution is 0.375. The molecule has 2 aromatic rings. The van der Waals surface area contributed by atoms with Crippen molar-refractivity contribution in [2.24, 2.45) is 5.92 Å². The summed E-state index contributed by atoms with van der Waals surface area (Å²) >= 11 is 0. The monoisotopic (exact) mass is 362 g/mol. The number of hydrogen-bond acceptors (Lipinski definition) is 0. The quantitative estimate of drug-likeness (QED) is 0.306. The van der Waals surface area contributed by atoms with Crippen LogP contribution in [0.1, 0.15) is 43.6 Å². The first-order chi connectivity index (χ1) is 12.6. The van der Waals surface area contributed by atoms with Crippen LogP contribution in [-0.2, 0) is 0 Å². The maximum atomic E-state index is 13.4. The Morgan fingerprint density at radius 3 is 2.04 bits per heavy atom. The van der Waals surface area contributed by atoms with E-state index in [9.17, 15) is 17.6 Å². The molecule has 1 saturated carbocycles. The van der Waals surface area contributed by atoms with Crippen LogP contribution in [0.25, 0.3) is 11.1 Å². The molecule has 0 radical (unpaired) electrons. The maximum absolute atomic E-state index is 13.4. The van der Waals surface area contributed by atoms with E-state index < -0.39 is 17.5 Å². The summed E-state index contributed by atoms with van der Waals surface area (Å²) in [4.78, 5) is 0. The van der Waals surface area contributed by atoms with Gasteiger partial charge in [-0.15, -0.1) is 0 Å². The SMILES string of the molecule is FCCC=C[C@H]1CC[C@H](c2ccc(-c3cc(F)c(F)c(F)c3)cc2)CC1. The lowest BCUT2D eigenvalue weighted by Crippen LogP contribution is -2.11. The largest absolute Gasteiger partial charge is 0.251 e. The van der Waals surface area contributed by atoms with Gasteiger partial charge in [-0.25, -0.2) is 13.2 Å². The lowest BCUT2D eigenvalue weighted by atomic mass is 9.78. The normalized spacial score (nSPS) is 20.6. The zero-order valence-corrected chi connectivity index (χ0v) is 14.5. The highest BCUT2D eigenvalue weighted by Crippen LogP contribution is 2.37. The number of benzene rings is 2. The molecule has 3 rings (SSSR count). The third-order valence-corrected chi connectivity index (χ3v) is 5.16. The molecule has 138 valence electrons. The summed E-state index contributed by atoms with van der Waals surface area (Å²) in [6, 6.07) is 9.66. The van der Waals surface area contributed by atoms with Gasteiger partial charge in [-0.05, 0) is 72.8 Å². The first-order valence-corrected chi connectivity index (χ1v) is 9.06. The van der Waals surface area contributed by atoms with Crippen LogP contribution in [0.15, 0.2) is 48.6 Å². The van der Waals surface area contributed by atoms with Gasteiger partial charge in [0.25, 0.3) is 0 Å². The molecule has 0 unspecified atom stereocenters. The predicted octanol–water partition coefficient (Wildman–Crippen LogP) is 6.96. The fraction of sp³-hybridized carbons (Fsp3) is 0.364. The van der Waals surface area contributed by atoms with Crippen molar-refractivity contribution in [3.8, 4) is 11.1 Å². The number of rotatable bonds is 5. The second-order valence-electron chi connectivity index (χ2n) is 6.89. The standard InChI is InChI=1S/C22H22F4/c23-12-2-1-3-15-4-6-16(7-5-15)17-8-10-18(11-9-17)19-13-20(24)22(26)21(25)14-19/h1,3,8-11,13-16H,2,4-7,12H2/t15-,16-. The summed E-state index contributed by atoms with van der Waals surface area (Å²) in [6.45, 7) is -0.306. The van der Waals surface area contributed by atoms with E-state index in [1.807, 2.05) is 30.3 Å². The highest BCUT2D eigenvalue weighted by Gasteiger charge is 2.21. The summed E-state index contributed by atoms with van der Waals surface area (Å²) in [6.07, 6.45) is 8.88. The van der Waals surface area contributed by atoms with E-state index in [4.69, 9.17) is 0 Å². The smallest absolute Gasteiger partial charge is 0.194 e. The molecule has 0 aliphatic heterocycles. The van der Waals surface area contributed by atoms with Crippen molar-refractivity contribution in [2.45, 2.75) is 38.0 Å². The lowest BCUT2D eigenvalue weighted by Gasteiger charge is -2.27. The maximum Gasteiger partial charge on any atom is 0.194 e. The predicted molar refractivity (Wildman–Crippen MR) is 96.2 cm³/mol. The van der Waals surface area contributed by atoms with Gasteiger partial charge in [-0.2, -0.15) is 0 Å². The van der Waals surface area contributed by atoms with Gasteiger partial charge in [0.2, 0.25) is 0 Å². The van der Waals surface area contributed by atoms with Gasteiger partial charge in [0, 0.05) is 0 Å². The topological polar surface area (TPSA) is 0 Å². The Bertz CT molecular complexity index is 733. The van der Waals surface area contributed by atoms with Gasteiger partial charge in [-0.1, -0.05) is 36.4 Å². The van der Waals surface area contributed by atoms with Crippen LogP contribution in [0, 0.1) is 23.4 Å². The van der Waals surface area contributed by atoms with E-state index in [1.165, 1.54) is 5.56 Å². The van der Waals surface area contributed by atoms with E-state index in [-0.39, 0.29) is 6.67 Å². The number of allylic oxidation sites excluding steroid dienone is 2. The van der Waals surface area contributed by atoms with Crippen LogP contribution >= 0.6 is 0 Å². The second-order valence-corrected chi connectivity index (χ2v) is 6.89.